The van der Waals surface area contributed by atoms with Crippen LogP contribution >= 0.6 is 0 Å². The van der Waals surface area contributed by atoms with E-state index in [0.29, 0.717) is 11.3 Å². The van der Waals surface area contributed by atoms with Gasteiger partial charge in [-0.25, -0.2) is 0 Å². The Bertz CT molecular complexity index is 262. The molecule has 84 valence electrons. The monoisotopic (exact) mass is 304 g/mol. The minimum absolute atomic E-state index is 0. The van der Waals surface area contributed by atoms with Gasteiger partial charge in [0, 0.05) is 10.5 Å². The topological polar surface area (TPSA) is 17.1 Å². The van der Waals surface area contributed by atoms with Crippen molar-refractivity contribution in [2.75, 3.05) is 0 Å². The van der Waals surface area contributed by atoms with Gasteiger partial charge in [-0.05, 0) is 36.5 Å². The van der Waals surface area contributed by atoms with Crippen molar-refractivity contribution < 1.29 is 27.2 Å². The van der Waals surface area contributed by atoms with Gasteiger partial charge in [0.25, 0.3) is 0 Å². The summed E-state index contributed by atoms with van der Waals surface area (Å²) in [6.45, 7) is 6.66. The molecule has 0 saturated heterocycles. The maximum Gasteiger partial charge on any atom is 1.00 e. The molecule has 0 amide bonds. The summed E-state index contributed by atoms with van der Waals surface area (Å²) < 4.78 is 0. The van der Waals surface area contributed by atoms with Crippen molar-refractivity contribution in [3.05, 3.63) is 0 Å². The molecule has 3 saturated carbocycles. The molecule has 3 aliphatic carbocycles. The Hall–Kier alpha value is 0.630. The number of hydrogen-bond acceptors (Lipinski definition) is 2. The molecule has 3 atom stereocenters. The van der Waals surface area contributed by atoms with Crippen LogP contribution in [0.15, 0.2) is 0 Å². The fraction of sp³-hybridized carbons (Fsp3) is 0.909. The molecule has 0 N–H and O–H groups in total. The van der Waals surface area contributed by atoms with Crippen LogP contribution in [0, 0.1) is 22.7 Å². The minimum atomic E-state index is -0.187. The van der Waals surface area contributed by atoms with Gasteiger partial charge in [-0.2, -0.15) is 0 Å². The Balaban J connectivity index is 0.000000980. The normalized spacial score (nSPS) is 43.4. The number of rotatable bonds is 1. The first kappa shape index (κ1) is 12.7. The van der Waals surface area contributed by atoms with Crippen molar-refractivity contribution in [2.24, 2.45) is 22.7 Å². The van der Waals surface area contributed by atoms with Crippen molar-refractivity contribution in [1.29, 1.82) is 0 Å². The van der Waals surface area contributed by atoms with Crippen LogP contribution in [0.1, 0.15) is 40.0 Å². The van der Waals surface area contributed by atoms with Gasteiger partial charge in [0.2, 0.25) is 0 Å². The van der Waals surface area contributed by atoms with Crippen LogP contribution in [-0.2, 0) is 39.8 Å². The third-order valence-electron chi connectivity index (χ3n) is 4.72. The SMILES string of the molecule is CC1(C(=O)[S-])CCC2CC1C2(C)C.[Ag+]. The van der Waals surface area contributed by atoms with Crippen LogP contribution in [-0.4, -0.2) is 5.12 Å². The number of fused-ring (bicyclic) bond motifs is 2. The zero-order valence-corrected chi connectivity index (χ0v) is 11.2. The number of carbonyl (C=O) groups is 1. The van der Waals surface area contributed by atoms with Crippen molar-refractivity contribution in [2.45, 2.75) is 40.0 Å². The second-order valence-electron chi connectivity index (χ2n) is 5.55. The molecule has 3 fully saturated rings. The maximum atomic E-state index is 11.5. The van der Waals surface area contributed by atoms with Crippen LogP contribution < -0.4 is 0 Å². The third kappa shape index (κ3) is 1.42. The Morgan fingerprint density at radius 3 is 2.21 bits per heavy atom. The van der Waals surface area contributed by atoms with Gasteiger partial charge in [0.15, 0.2) is 0 Å². The molecule has 0 aromatic carbocycles. The molecule has 0 radical (unpaired) electrons. The van der Waals surface area contributed by atoms with E-state index in [1.54, 1.807) is 0 Å². The second-order valence-corrected chi connectivity index (χ2v) is 5.92. The molecular formula is C11H17AgOS. The van der Waals surface area contributed by atoms with Gasteiger partial charge >= 0.3 is 22.4 Å². The summed E-state index contributed by atoms with van der Waals surface area (Å²) >= 11 is 4.88. The molecular weight excluding hydrogens is 288 g/mol. The van der Waals surface area contributed by atoms with E-state index in [9.17, 15) is 4.79 Å². The first-order valence-corrected chi connectivity index (χ1v) is 5.51. The predicted molar refractivity (Wildman–Crippen MR) is 55.1 cm³/mol. The summed E-state index contributed by atoms with van der Waals surface area (Å²) in [6.07, 6.45) is 3.45. The minimum Gasteiger partial charge on any atom is -0.741 e. The van der Waals surface area contributed by atoms with E-state index < -0.39 is 0 Å². The summed E-state index contributed by atoms with van der Waals surface area (Å²) in [5.41, 5.74) is 0.176. The number of hydrogen-bond donors (Lipinski definition) is 0. The van der Waals surface area contributed by atoms with E-state index in [1.807, 2.05) is 0 Å². The number of carbonyl (C=O) groups excluding carboxylic acids is 1. The van der Waals surface area contributed by atoms with Crippen LogP contribution in [0.25, 0.3) is 0 Å². The summed E-state index contributed by atoms with van der Waals surface area (Å²) in [6, 6.07) is 0. The molecule has 0 aromatic rings. The molecule has 3 aliphatic rings. The van der Waals surface area contributed by atoms with E-state index in [2.05, 4.69) is 20.8 Å². The average Bonchev–Trinajstić information content (AvgIpc) is 2.03. The summed E-state index contributed by atoms with van der Waals surface area (Å²) in [5, 5.41) is -0.0104. The fourth-order valence-electron chi connectivity index (χ4n) is 3.48. The molecule has 3 rings (SSSR count). The van der Waals surface area contributed by atoms with Crippen LogP contribution in [0.4, 0.5) is 0 Å². The van der Waals surface area contributed by atoms with Crippen molar-refractivity contribution in [3.8, 4) is 0 Å². The van der Waals surface area contributed by atoms with Gasteiger partial charge in [0.05, 0.1) is 0 Å². The Kier molecular flexibility index (Phi) is 3.25. The quantitative estimate of drug-likeness (QED) is 0.547. The molecule has 0 spiro atoms. The van der Waals surface area contributed by atoms with Gasteiger partial charge in [0.1, 0.15) is 0 Å². The average molecular weight is 305 g/mol. The second kappa shape index (κ2) is 3.58. The van der Waals surface area contributed by atoms with Crippen molar-refractivity contribution in [1.82, 2.24) is 0 Å². The van der Waals surface area contributed by atoms with E-state index in [4.69, 9.17) is 12.6 Å². The summed E-state index contributed by atoms with van der Waals surface area (Å²) in [4.78, 5) is 11.5. The molecule has 3 heteroatoms. The maximum absolute atomic E-state index is 11.5. The molecule has 0 heterocycles. The van der Waals surface area contributed by atoms with Gasteiger partial charge in [-0.1, -0.05) is 20.8 Å². The zero-order valence-electron chi connectivity index (χ0n) is 8.89. The first-order valence-electron chi connectivity index (χ1n) is 5.10. The van der Waals surface area contributed by atoms with E-state index in [-0.39, 0.29) is 32.9 Å². The summed E-state index contributed by atoms with van der Waals surface area (Å²) in [5.74, 6) is 1.39. The van der Waals surface area contributed by atoms with Gasteiger partial charge in [-0.3, -0.25) is 0 Å². The molecule has 3 unspecified atom stereocenters. The third-order valence-corrected chi connectivity index (χ3v) is 5.18. The molecule has 0 aromatic heterocycles. The van der Waals surface area contributed by atoms with Gasteiger partial charge in [-0.15, -0.1) is 0 Å². The molecule has 14 heavy (non-hydrogen) atoms. The fourth-order valence-corrected chi connectivity index (χ4v) is 3.72. The standard InChI is InChI=1S/C11H18OS.Ag/c1-10(2)7-4-5-11(3,9(12)13)8(10)6-7;/h7-8H,4-6H2,1-3H3,(H,12,13);/q;+1/p-1. The predicted octanol–water partition coefficient (Wildman–Crippen LogP) is 2.52. The summed E-state index contributed by atoms with van der Waals surface area (Å²) in [7, 11) is 0. The first-order chi connectivity index (χ1) is 5.89. The molecule has 2 bridgehead atoms. The van der Waals surface area contributed by atoms with E-state index in [1.165, 1.54) is 12.8 Å². The molecule has 1 nitrogen and oxygen atoms in total. The van der Waals surface area contributed by atoms with Crippen LogP contribution in [0.2, 0.25) is 0 Å². The Labute approximate surface area is 107 Å². The van der Waals surface area contributed by atoms with Crippen LogP contribution in [0.3, 0.4) is 0 Å². The molecule has 0 aliphatic heterocycles. The van der Waals surface area contributed by atoms with E-state index >= 15 is 0 Å². The Morgan fingerprint density at radius 1 is 1.36 bits per heavy atom. The van der Waals surface area contributed by atoms with E-state index in [0.717, 1.165) is 12.3 Å². The van der Waals surface area contributed by atoms with Crippen LogP contribution in [0.5, 0.6) is 0 Å². The van der Waals surface area contributed by atoms with Gasteiger partial charge < -0.3 is 17.4 Å². The van der Waals surface area contributed by atoms with Crippen molar-refractivity contribution in [3.63, 3.8) is 0 Å². The Morgan fingerprint density at radius 2 is 1.93 bits per heavy atom. The zero-order chi connectivity index (χ0) is 9.85. The smallest absolute Gasteiger partial charge is 0.741 e. The van der Waals surface area contributed by atoms with Crippen molar-refractivity contribution >= 4 is 17.7 Å². The largest absolute Gasteiger partial charge is 1.00 e.